The summed E-state index contributed by atoms with van der Waals surface area (Å²) in [6, 6.07) is 8.91. The van der Waals surface area contributed by atoms with Crippen LogP contribution in [0.1, 0.15) is 44.6 Å². The van der Waals surface area contributed by atoms with Crippen LogP contribution in [0.2, 0.25) is 0 Å². The second-order valence-corrected chi connectivity index (χ2v) is 6.39. The summed E-state index contributed by atoms with van der Waals surface area (Å²) in [5.74, 6) is 0. The third-order valence-electron chi connectivity index (χ3n) is 4.40. The lowest BCUT2D eigenvalue weighted by Crippen LogP contribution is -2.31. The minimum Gasteiger partial charge on any atom is -0.312 e. The molecule has 1 saturated carbocycles. The lowest BCUT2D eigenvalue weighted by atomic mass is 9.83. The van der Waals surface area contributed by atoms with Gasteiger partial charge >= 0.3 is 0 Å². The summed E-state index contributed by atoms with van der Waals surface area (Å²) in [6.45, 7) is 4.55. The van der Waals surface area contributed by atoms with Crippen LogP contribution in [-0.4, -0.2) is 12.8 Å². The summed E-state index contributed by atoms with van der Waals surface area (Å²) in [4.78, 5) is 1.35. The van der Waals surface area contributed by atoms with Crippen molar-refractivity contribution in [3.63, 3.8) is 0 Å². The van der Waals surface area contributed by atoms with Gasteiger partial charge in [0.05, 0.1) is 0 Å². The van der Waals surface area contributed by atoms with E-state index in [1.807, 2.05) is 0 Å². The van der Waals surface area contributed by atoms with Crippen molar-refractivity contribution >= 4 is 11.8 Å². The third-order valence-corrected chi connectivity index (χ3v) is 5.15. The molecule has 1 N–H and O–H groups in total. The Kier molecular flexibility index (Phi) is 5.13. The molecule has 2 heteroatoms. The molecule has 1 aromatic rings. The van der Waals surface area contributed by atoms with Crippen molar-refractivity contribution in [3.8, 4) is 0 Å². The monoisotopic (exact) mass is 263 g/mol. The van der Waals surface area contributed by atoms with Crippen molar-refractivity contribution in [1.82, 2.24) is 5.32 Å². The Hall–Kier alpha value is -0.470. The average molecular weight is 263 g/mol. The highest BCUT2D eigenvalue weighted by molar-refractivity contribution is 7.98. The molecule has 0 unspecified atom stereocenters. The van der Waals surface area contributed by atoms with Crippen molar-refractivity contribution in [1.29, 1.82) is 0 Å². The Bertz CT molecular complexity index is 352. The second-order valence-electron chi connectivity index (χ2n) is 5.51. The number of rotatable bonds is 6. The van der Waals surface area contributed by atoms with Crippen LogP contribution in [0.5, 0.6) is 0 Å². The average Bonchev–Trinajstić information content (AvgIpc) is 2.89. The van der Waals surface area contributed by atoms with Gasteiger partial charge in [0.15, 0.2) is 0 Å². The van der Waals surface area contributed by atoms with Crippen LogP contribution in [0, 0.1) is 5.41 Å². The quantitative estimate of drug-likeness (QED) is 0.760. The molecule has 1 aliphatic carbocycles. The number of benzene rings is 1. The van der Waals surface area contributed by atoms with Gasteiger partial charge in [0.2, 0.25) is 0 Å². The highest BCUT2D eigenvalue weighted by Gasteiger charge is 2.31. The number of thioether (sulfide) groups is 1. The fourth-order valence-corrected chi connectivity index (χ4v) is 3.40. The van der Waals surface area contributed by atoms with E-state index >= 15 is 0 Å². The Morgan fingerprint density at radius 2 is 1.83 bits per heavy atom. The van der Waals surface area contributed by atoms with Crippen LogP contribution in [0.25, 0.3) is 0 Å². The molecule has 0 amide bonds. The van der Waals surface area contributed by atoms with E-state index in [1.165, 1.54) is 49.1 Å². The SMILES string of the molecule is CCC1(CNCc2ccc(SC)cc2)CCCC1. The molecule has 0 radical (unpaired) electrons. The lowest BCUT2D eigenvalue weighted by Gasteiger charge is -2.27. The zero-order chi connectivity index (χ0) is 12.8. The van der Waals surface area contributed by atoms with Gasteiger partial charge in [-0.3, -0.25) is 0 Å². The maximum Gasteiger partial charge on any atom is 0.0205 e. The predicted octanol–water partition coefficient (Wildman–Crippen LogP) is 4.47. The Labute approximate surface area is 116 Å². The smallest absolute Gasteiger partial charge is 0.0205 e. The first-order valence-electron chi connectivity index (χ1n) is 7.12. The summed E-state index contributed by atoms with van der Waals surface area (Å²) in [5.41, 5.74) is 2.00. The van der Waals surface area contributed by atoms with Crippen molar-refractivity contribution in [2.45, 2.75) is 50.5 Å². The standard InChI is InChI=1S/C16H25NS/c1-3-16(10-4-5-11-16)13-17-12-14-6-8-15(18-2)9-7-14/h6-9,17H,3-5,10-13H2,1-2H3. The molecule has 1 fully saturated rings. The predicted molar refractivity (Wildman–Crippen MR) is 81.1 cm³/mol. The highest BCUT2D eigenvalue weighted by atomic mass is 32.2. The fraction of sp³-hybridized carbons (Fsp3) is 0.625. The first kappa shape index (κ1) is 14.0. The molecule has 100 valence electrons. The molecule has 1 nitrogen and oxygen atoms in total. The first-order chi connectivity index (χ1) is 8.78. The molecule has 0 heterocycles. The Balaban J connectivity index is 1.80. The Morgan fingerprint density at radius 1 is 1.17 bits per heavy atom. The van der Waals surface area contributed by atoms with Gasteiger partial charge in [-0.05, 0) is 48.6 Å². The number of nitrogens with one attached hydrogen (secondary N) is 1. The summed E-state index contributed by atoms with van der Waals surface area (Å²) in [7, 11) is 0. The maximum atomic E-state index is 3.67. The highest BCUT2D eigenvalue weighted by Crippen LogP contribution is 2.40. The van der Waals surface area contributed by atoms with E-state index in [1.54, 1.807) is 11.8 Å². The number of hydrogen-bond donors (Lipinski definition) is 1. The molecule has 0 bridgehead atoms. The largest absolute Gasteiger partial charge is 0.312 e. The van der Waals surface area contributed by atoms with E-state index in [0.29, 0.717) is 5.41 Å². The maximum absolute atomic E-state index is 3.67. The van der Waals surface area contributed by atoms with E-state index in [4.69, 9.17) is 0 Å². The van der Waals surface area contributed by atoms with Crippen molar-refractivity contribution in [2.24, 2.45) is 5.41 Å². The van der Waals surface area contributed by atoms with E-state index in [0.717, 1.165) is 6.54 Å². The van der Waals surface area contributed by atoms with E-state index < -0.39 is 0 Å². The molecule has 0 atom stereocenters. The fourth-order valence-electron chi connectivity index (χ4n) is 3.00. The minimum absolute atomic E-state index is 0.596. The van der Waals surface area contributed by atoms with Gasteiger partial charge in [-0.25, -0.2) is 0 Å². The molecular formula is C16H25NS. The molecule has 1 aromatic carbocycles. The summed E-state index contributed by atoms with van der Waals surface area (Å²) < 4.78 is 0. The molecule has 0 spiro atoms. The van der Waals surface area contributed by atoms with Crippen LogP contribution < -0.4 is 5.32 Å². The summed E-state index contributed by atoms with van der Waals surface area (Å²) >= 11 is 1.80. The summed E-state index contributed by atoms with van der Waals surface area (Å²) in [5, 5.41) is 3.67. The van der Waals surface area contributed by atoms with Crippen LogP contribution in [-0.2, 0) is 6.54 Å². The van der Waals surface area contributed by atoms with Crippen molar-refractivity contribution < 1.29 is 0 Å². The van der Waals surface area contributed by atoms with Gasteiger partial charge in [0.25, 0.3) is 0 Å². The zero-order valence-corrected chi connectivity index (χ0v) is 12.5. The van der Waals surface area contributed by atoms with Gasteiger partial charge < -0.3 is 5.32 Å². The summed E-state index contributed by atoms with van der Waals surface area (Å²) in [6.07, 6.45) is 9.14. The third kappa shape index (κ3) is 3.52. The Morgan fingerprint density at radius 3 is 2.39 bits per heavy atom. The zero-order valence-electron chi connectivity index (χ0n) is 11.7. The molecule has 0 aromatic heterocycles. The lowest BCUT2D eigenvalue weighted by molar-refractivity contribution is 0.268. The normalized spacial score (nSPS) is 18.1. The van der Waals surface area contributed by atoms with Gasteiger partial charge in [-0.2, -0.15) is 0 Å². The van der Waals surface area contributed by atoms with Gasteiger partial charge in [0.1, 0.15) is 0 Å². The van der Waals surface area contributed by atoms with Crippen LogP contribution >= 0.6 is 11.8 Å². The topological polar surface area (TPSA) is 12.0 Å². The van der Waals surface area contributed by atoms with E-state index in [-0.39, 0.29) is 0 Å². The second kappa shape index (κ2) is 6.63. The van der Waals surface area contributed by atoms with E-state index in [9.17, 15) is 0 Å². The molecule has 0 aliphatic heterocycles. The molecule has 1 aliphatic rings. The van der Waals surface area contributed by atoms with E-state index in [2.05, 4.69) is 42.8 Å². The first-order valence-corrected chi connectivity index (χ1v) is 8.34. The van der Waals surface area contributed by atoms with Crippen LogP contribution in [0.15, 0.2) is 29.2 Å². The molecular weight excluding hydrogens is 238 g/mol. The molecule has 18 heavy (non-hydrogen) atoms. The van der Waals surface area contributed by atoms with Crippen molar-refractivity contribution in [2.75, 3.05) is 12.8 Å². The van der Waals surface area contributed by atoms with Crippen LogP contribution in [0.3, 0.4) is 0 Å². The minimum atomic E-state index is 0.596. The number of hydrogen-bond acceptors (Lipinski definition) is 2. The van der Waals surface area contributed by atoms with Gasteiger partial charge in [0, 0.05) is 18.0 Å². The van der Waals surface area contributed by atoms with Gasteiger partial charge in [-0.15, -0.1) is 11.8 Å². The van der Waals surface area contributed by atoms with Gasteiger partial charge in [-0.1, -0.05) is 31.9 Å². The van der Waals surface area contributed by atoms with Crippen molar-refractivity contribution in [3.05, 3.63) is 29.8 Å². The van der Waals surface area contributed by atoms with Crippen LogP contribution in [0.4, 0.5) is 0 Å². The molecule has 2 rings (SSSR count). The molecule has 0 saturated heterocycles.